The number of benzene rings is 1. The summed E-state index contributed by atoms with van der Waals surface area (Å²) in [6.07, 6.45) is 0.477. The fourth-order valence-electron chi connectivity index (χ4n) is 3.40. The van der Waals surface area contributed by atoms with E-state index in [9.17, 15) is 4.79 Å². The fraction of sp³-hybridized carbons (Fsp3) is 0.316. The minimum atomic E-state index is -0.271. The molecule has 5 nitrogen and oxygen atoms in total. The highest BCUT2D eigenvalue weighted by molar-refractivity contribution is 7.80. The SMILES string of the molecule is CCOC(=O)N1CCc2c(sc3c2=C(c2ccccc2Cl)NCC(=S)N=3)C1. The monoisotopic (exact) mass is 419 g/mol. The van der Waals surface area contributed by atoms with Gasteiger partial charge in [0.15, 0.2) is 0 Å². The highest BCUT2D eigenvalue weighted by Gasteiger charge is 2.27. The van der Waals surface area contributed by atoms with E-state index in [1.165, 1.54) is 5.56 Å². The minimum absolute atomic E-state index is 0.271. The summed E-state index contributed by atoms with van der Waals surface area (Å²) in [6.45, 7) is 3.85. The first-order valence-electron chi connectivity index (χ1n) is 8.75. The minimum Gasteiger partial charge on any atom is -0.450 e. The summed E-state index contributed by atoms with van der Waals surface area (Å²) in [6, 6.07) is 7.77. The quantitative estimate of drug-likeness (QED) is 0.760. The van der Waals surface area contributed by atoms with Crippen LogP contribution in [0.2, 0.25) is 5.02 Å². The number of amides is 1. The average Bonchev–Trinajstić information content (AvgIpc) is 2.91. The van der Waals surface area contributed by atoms with Crippen molar-refractivity contribution in [1.82, 2.24) is 10.2 Å². The molecule has 4 rings (SSSR count). The van der Waals surface area contributed by atoms with E-state index in [4.69, 9.17) is 28.6 Å². The first kappa shape index (κ1) is 18.4. The average molecular weight is 420 g/mol. The van der Waals surface area contributed by atoms with Crippen LogP contribution in [0.1, 0.15) is 22.9 Å². The molecule has 1 N–H and O–H groups in total. The molecule has 3 heterocycles. The number of fused-ring (bicyclic) bond motifs is 3. The number of rotatable bonds is 2. The van der Waals surface area contributed by atoms with Gasteiger partial charge >= 0.3 is 6.09 Å². The molecule has 0 bridgehead atoms. The van der Waals surface area contributed by atoms with Crippen molar-refractivity contribution in [3.8, 4) is 0 Å². The second kappa shape index (κ2) is 7.58. The zero-order valence-electron chi connectivity index (χ0n) is 14.8. The number of ether oxygens (including phenoxy) is 1. The lowest BCUT2D eigenvalue weighted by Crippen LogP contribution is -2.38. The number of nitrogens with one attached hydrogen (secondary N) is 1. The molecule has 140 valence electrons. The molecule has 0 saturated heterocycles. The maximum Gasteiger partial charge on any atom is 0.410 e. The summed E-state index contributed by atoms with van der Waals surface area (Å²) in [4.78, 5) is 20.2. The van der Waals surface area contributed by atoms with E-state index in [0.717, 1.165) is 32.4 Å². The lowest BCUT2D eigenvalue weighted by atomic mass is 10.0. The van der Waals surface area contributed by atoms with Gasteiger partial charge in [0, 0.05) is 27.2 Å². The van der Waals surface area contributed by atoms with Gasteiger partial charge in [-0.1, -0.05) is 42.0 Å². The summed E-state index contributed by atoms with van der Waals surface area (Å²) >= 11 is 13.5. The summed E-state index contributed by atoms with van der Waals surface area (Å²) < 4.78 is 6.04. The molecule has 1 aromatic carbocycles. The van der Waals surface area contributed by atoms with Crippen LogP contribution in [-0.4, -0.2) is 35.7 Å². The van der Waals surface area contributed by atoms with Gasteiger partial charge in [-0.2, -0.15) is 0 Å². The van der Waals surface area contributed by atoms with Crippen LogP contribution in [0.4, 0.5) is 4.79 Å². The van der Waals surface area contributed by atoms with E-state index in [1.807, 2.05) is 31.2 Å². The van der Waals surface area contributed by atoms with Gasteiger partial charge in [0.2, 0.25) is 0 Å². The largest absolute Gasteiger partial charge is 0.450 e. The van der Waals surface area contributed by atoms with Gasteiger partial charge < -0.3 is 15.0 Å². The van der Waals surface area contributed by atoms with Gasteiger partial charge in [-0.3, -0.25) is 0 Å². The van der Waals surface area contributed by atoms with Crippen molar-refractivity contribution < 1.29 is 9.53 Å². The fourth-order valence-corrected chi connectivity index (χ4v) is 5.11. The van der Waals surface area contributed by atoms with Crippen molar-refractivity contribution in [3.05, 3.63) is 55.2 Å². The molecule has 1 aromatic heterocycles. The van der Waals surface area contributed by atoms with Gasteiger partial charge in [0.25, 0.3) is 0 Å². The second-order valence-electron chi connectivity index (χ2n) is 6.27. The number of halogens is 1. The number of thiophene rings is 1. The standard InChI is InChI=1S/C19H18ClN3O2S2/c1-2-25-19(24)23-8-7-12-14(10-23)27-18-16(12)17(21-9-15(26)22-18)11-5-3-4-6-13(11)20/h3-6,21H,2,7-10H2,1H3. The van der Waals surface area contributed by atoms with E-state index in [2.05, 4.69) is 10.3 Å². The molecule has 0 unspecified atom stereocenters. The predicted octanol–water partition coefficient (Wildman–Crippen LogP) is 2.62. The Morgan fingerprint density at radius 2 is 2.26 bits per heavy atom. The highest BCUT2D eigenvalue weighted by atomic mass is 35.5. The van der Waals surface area contributed by atoms with Crippen LogP contribution in [0.3, 0.4) is 0 Å². The van der Waals surface area contributed by atoms with Gasteiger partial charge in [-0.25, -0.2) is 9.79 Å². The van der Waals surface area contributed by atoms with Crippen molar-refractivity contribution in [2.45, 2.75) is 19.9 Å². The lowest BCUT2D eigenvalue weighted by Gasteiger charge is -2.26. The molecule has 0 fully saturated rings. The van der Waals surface area contributed by atoms with Crippen molar-refractivity contribution in [3.63, 3.8) is 0 Å². The molecule has 0 aliphatic carbocycles. The van der Waals surface area contributed by atoms with E-state index >= 15 is 0 Å². The molecular weight excluding hydrogens is 402 g/mol. The van der Waals surface area contributed by atoms with Crippen molar-refractivity contribution in [2.24, 2.45) is 4.99 Å². The summed E-state index contributed by atoms with van der Waals surface area (Å²) in [5, 5.41) is 5.18. The summed E-state index contributed by atoms with van der Waals surface area (Å²) in [7, 11) is 0. The summed E-state index contributed by atoms with van der Waals surface area (Å²) in [5.41, 5.74) is 3.11. The number of carbonyl (C=O) groups is 1. The topological polar surface area (TPSA) is 53.9 Å². The molecule has 0 atom stereocenters. The van der Waals surface area contributed by atoms with E-state index in [0.29, 0.717) is 36.3 Å². The van der Waals surface area contributed by atoms with Crippen LogP contribution in [0.5, 0.6) is 0 Å². The third kappa shape index (κ3) is 3.47. The Balaban J connectivity index is 1.89. The zero-order valence-corrected chi connectivity index (χ0v) is 17.1. The van der Waals surface area contributed by atoms with Crippen molar-refractivity contribution in [1.29, 1.82) is 0 Å². The van der Waals surface area contributed by atoms with Crippen LogP contribution in [0.25, 0.3) is 5.70 Å². The third-order valence-corrected chi connectivity index (χ3v) is 6.28. The van der Waals surface area contributed by atoms with Crippen LogP contribution >= 0.6 is 35.2 Å². The number of thiocarbonyl (C=S) groups is 1. The summed E-state index contributed by atoms with van der Waals surface area (Å²) in [5.74, 6) is 0. The molecule has 0 spiro atoms. The normalized spacial score (nSPS) is 16.0. The Morgan fingerprint density at radius 3 is 3.04 bits per heavy atom. The third-order valence-electron chi connectivity index (χ3n) is 4.60. The number of hydrogen-bond donors (Lipinski definition) is 1. The van der Waals surface area contributed by atoms with Crippen molar-refractivity contribution >= 4 is 51.9 Å². The van der Waals surface area contributed by atoms with Crippen LogP contribution in [0, 0.1) is 0 Å². The molecule has 2 aliphatic rings. The number of nitrogens with zero attached hydrogens (tertiary/aromatic N) is 2. The molecule has 1 amide bonds. The maximum absolute atomic E-state index is 12.1. The first-order valence-corrected chi connectivity index (χ1v) is 10.4. The van der Waals surface area contributed by atoms with Crippen LogP contribution in [0.15, 0.2) is 29.3 Å². The molecule has 8 heteroatoms. The van der Waals surface area contributed by atoms with Crippen molar-refractivity contribution in [2.75, 3.05) is 19.7 Å². The lowest BCUT2D eigenvalue weighted by molar-refractivity contribution is 0.103. The Morgan fingerprint density at radius 1 is 1.44 bits per heavy atom. The number of carbonyl (C=O) groups excluding carboxylic acids is 1. The van der Waals surface area contributed by atoms with Gasteiger partial charge in [-0.05, 0) is 25.0 Å². The molecule has 0 radical (unpaired) electrons. The van der Waals surface area contributed by atoms with E-state index in [1.54, 1.807) is 16.2 Å². The highest BCUT2D eigenvalue weighted by Crippen LogP contribution is 2.24. The maximum atomic E-state index is 12.1. The molecule has 0 saturated carbocycles. The smallest absolute Gasteiger partial charge is 0.410 e. The zero-order chi connectivity index (χ0) is 19.0. The van der Waals surface area contributed by atoms with Crippen LogP contribution in [-0.2, 0) is 17.7 Å². The predicted molar refractivity (Wildman–Crippen MR) is 111 cm³/mol. The molecule has 2 aromatic rings. The van der Waals surface area contributed by atoms with Gasteiger partial charge in [0.05, 0.1) is 25.4 Å². The molecular formula is C19H18ClN3O2S2. The molecule has 2 aliphatic heterocycles. The Hall–Kier alpha value is -1.96. The van der Waals surface area contributed by atoms with E-state index < -0.39 is 0 Å². The van der Waals surface area contributed by atoms with Gasteiger partial charge in [0.1, 0.15) is 9.66 Å². The molecule has 27 heavy (non-hydrogen) atoms. The van der Waals surface area contributed by atoms with Crippen LogP contribution < -0.4 is 15.2 Å². The van der Waals surface area contributed by atoms with E-state index in [-0.39, 0.29) is 6.09 Å². The first-order chi connectivity index (χ1) is 13.1. The Kier molecular flexibility index (Phi) is 5.16. The number of hydrogen-bond acceptors (Lipinski definition) is 5. The Bertz CT molecular complexity index is 1050. The second-order valence-corrected chi connectivity index (χ2v) is 8.23. The Labute approximate surface area is 171 Å². The van der Waals surface area contributed by atoms with Gasteiger partial charge in [-0.15, -0.1) is 11.3 Å².